The van der Waals surface area contributed by atoms with Gasteiger partial charge in [-0.15, -0.1) is 0 Å². The summed E-state index contributed by atoms with van der Waals surface area (Å²) < 4.78 is 10.1. The second kappa shape index (κ2) is 8.56. The summed E-state index contributed by atoms with van der Waals surface area (Å²) in [6, 6.07) is 9.76. The van der Waals surface area contributed by atoms with Crippen molar-refractivity contribution in [2.45, 2.75) is 51.7 Å². The third-order valence-electron chi connectivity index (χ3n) is 3.95. The highest BCUT2D eigenvalue weighted by Gasteiger charge is 2.45. The molecular formula is C18H25NO4. The molecule has 0 unspecified atom stereocenters. The largest absolute Gasteiger partial charge is 0.458 e. The summed E-state index contributed by atoms with van der Waals surface area (Å²) in [4.78, 5) is 23.0. The minimum Gasteiger partial charge on any atom is -0.458 e. The summed E-state index contributed by atoms with van der Waals surface area (Å²) in [5.74, 6) is -0.209. The number of ether oxygens (including phenoxy) is 2. The molecule has 0 aromatic heterocycles. The van der Waals surface area contributed by atoms with Gasteiger partial charge in [0, 0.05) is 0 Å². The van der Waals surface area contributed by atoms with Crippen molar-refractivity contribution in [3.8, 4) is 0 Å². The van der Waals surface area contributed by atoms with Gasteiger partial charge in [-0.25, -0.2) is 9.59 Å². The summed E-state index contributed by atoms with van der Waals surface area (Å²) in [5.41, 5.74) is 1.33. The zero-order valence-corrected chi connectivity index (χ0v) is 13.8. The number of nitrogens with one attached hydrogen (secondary N) is 1. The van der Waals surface area contributed by atoms with E-state index in [4.69, 9.17) is 9.47 Å². The minimum atomic E-state index is -0.569. The van der Waals surface area contributed by atoms with Crippen molar-refractivity contribution in [2.75, 3.05) is 6.61 Å². The Morgan fingerprint density at radius 3 is 2.61 bits per heavy atom. The minimum absolute atomic E-state index is 0.177. The molecule has 1 fully saturated rings. The molecule has 1 heterocycles. The van der Waals surface area contributed by atoms with E-state index in [-0.39, 0.29) is 18.0 Å². The second-order valence-electron chi connectivity index (χ2n) is 6.20. The van der Waals surface area contributed by atoms with Gasteiger partial charge >= 0.3 is 12.1 Å². The maximum Gasteiger partial charge on any atom is 0.407 e. The van der Waals surface area contributed by atoms with Crippen LogP contribution in [0.3, 0.4) is 0 Å². The number of carbonyl (C=O) groups is 2. The lowest BCUT2D eigenvalue weighted by Gasteiger charge is -2.37. The number of esters is 1. The monoisotopic (exact) mass is 319 g/mol. The van der Waals surface area contributed by atoms with Gasteiger partial charge in [0.1, 0.15) is 6.10 Å². The predicted molar refractivity (Wildman–Crippen MR) is 87.0 cm³/mol. The molecule has 2 atom stereocenters. The van der Waals surface area contributed by atoms with Crippen LogP contribution in [0.2, 0.25) is 0 Å². The smallest absolute Gasteiger partial charge is 0.407 e. The molecule has 23 heavy (non-hydrogen) atoms. The fourth-order valence-corrected chi connectivity index (χ4v) is 2.59. The van der Waals surface area contributed by atoms with E-state index < -0.39 is 12.1 Å². The summed E-state index contributed by atoms with van der Waals surface area (Å²) in [7, 11) is 0. The summed E-state index contributed by atoms with van der Waals surface area (Å²) in [6.07, 6.45) is 3.14. The highest BCUT2D eigenvalue weighted by Crippen LogP contribution is 2.22. The summed E-state index contributed by atoms with van der Waals surface area (Å²) in [5, 5.41) is 2.58. The van der Waals surface area contributed by atoms with Crippen LogP contribution in [0.1, 0.15) is 38.7 Å². The van der Waals surface area contributed by atoms with Crippen LogP contribution in [0.5, 0.6) is 0 Å². The molecule has 5 heteroatoms. The first-order valence-corrected chi connectivity index (χ1v) is 8.25. The van der Waals surface area contributed by atoms with E-state index in [0.29, 0.717) is 6.61 Å². The first-order chi connectivity index (χ1) is 11.1. The lowest BCUT2D eigenvalue weighted by Crippen LogP contribution is -2.61. The third-order valence-corrected chi connectivity index (χ3v) is 3.95. The normalized spacial score (nSPS) is 19.9. The number of aryl methyl sites for hydroxylation is 1. The summed E-state index contributed by atoms with van der Waals surface area (Å²) >= 11 is 0. The van der Waals surface area contributed by atoms with Gasteiger partial charge in [-0.1, -0.05) is 44.2 Å². The topological polar surface area (TPSA) is 64.6 Å². The molecular weight excluding hydrogens is 294 g/mol. The van der Waals surface area contributed by atoms with Crippen LogP contribution in [0.4, 0.5) is 4.79 Å². The number of amides is 1. The van der Waals surface area contributed by atoms with E-state index in [1.165, 1.54) is 5.56 Å². The number of carbonyl (C=O) groups excluding carboxylic acids is 2. The van der Waals surface area contributed by atoms with Crippen LogP contribution in [0, 0.1) is 5.92 Å². The molecule has 1 amide bonds. The molecule has 0 spiro atoms. The molecule has 5 nitrogen and oxygen atoms in total. The molecule has 126 valence electrons. The summed E-state index contributed by atoms with van der Waals surface area (Å²) in [6.45, 7) is 4.27. The fourth-order valence-electron chi connectivity index (χ4n) is 2.59. The highest BCUT2D eigenvalue weighted by molar-refractivity contribution is 5.86. The molecule has 1 aromatic rings. The predicted octanol–water partition coefficient (Wildman–Crippen LogP) is 3.08. The molecule has 1 aliphatic heterocycles. The van der Waals surface area contributed by atoms with E-state index in [0.717, 1.165) is 25.7 Å². The number of benzene rings is 1. The number of hydrogen-bond acceptors (Lipinski definition) is 4. The van der Waals surface area contributed by atoms with Crippen molar-refractivity contribution in [1.82, 2.24) is 5.32 Å². The maximum atomic E-state index is 11.7. The average molecular weight is 319 g/mol. The van der Waals surface area contributed by atoms with E-state index in [9.17, 15) is 9.59 Å². The molecule has 1 aliphatic rings. The van der Waals surface area contributed by atoms with Crippen molar-refractivity contribution in [3.05, 3.63) is 35.9 Å². The molecule has 1 N–H and O–H groups in total. The van der Waals surface area contributed by atoms with Crippen LogP contribution < -0.4 is 5.32 Å². The molecule has 2 rings (SSSR count). The Hall–Kier alpha value is -2.04. The third kappa shape index (κ3) is 5.27. The quantitative estimate of drug-likeness (QED) is 0.591. The van der Waals surface area contributed by atoms with Crippen molar-refractivity contribution in [2.24, 2.45) is 5.92 Å². The van der Waals surface area contributed by atoms with Gasteiger partial charge in [0.25, 0.3) is 0 Å². The lowest BCUT2D eigenvalue weighted by atomic mass is 9.95. The number of rotatable bonds is 8. The standard InChI is InChI=1S/C18H25NO4/c1-13(2)16-15(17(20)23-16)19-18(21)22-12-8-4-7-11-14-9-5-3-6-10-14/h3,5-6,9-10,13,15-16H,4,7-8,11-12H2,1-2H3,(H,19,21)/t15-,16-/m1/s1. The Morgan fingerprint density at radius 2 is 1.96 bits per heavy atom. The van der Waals surface area contributed by atoms with E-state index in [1.807, 2.05) is 32.0 Å². The van der Waals surface area contributed by atoms with E-state index in [2.05, 4.69) is 17.4 Å². The van der Waals surface area contributed by atoms with Gasteiger partial charge in [-0.2, -0.15) is 0 Å². The first-order valence-electron chi connectivity index (χ1n) is 8.25. The van der Waals surface area contributed by atoms with Gasteiger partial charge in [-0.3, -0.25) is 0 Å². The number of unbranched alkanes of at least 4 members (excludes halogenated alkanes) is 2. The Labute approximate surface area is 137 Å². The van der Waals surface area contributed by atoms with Gasteiger partial charge < -0.3 is 14.8 Å². The number of cyclic esters (lactones) is 1. The zero-order valence-electron chi connectivity index (χ0n) is 13.8. The van der Waals surface area contributed by atoms with Crippen LogP contribution in [-0.4, -0.2) is 30.8 Å². The number of alkyl carbamates (subject to hydrolysis) is 1. The zero-order chi connectivity index (χ0) is 16.7. The first kappa shape index (κ1) is 17.3. The molecule has 0 aliphatic carbocycles. The van der Waals surface area contributed by atoms with Crippen molar-refractivity contribution < 1.29 is 19.1 Å². The molecule has 0 radical (unpaired) electrons. The Morgan fingerprint density at radius 1 is 1.22 bits per heavy atom. The Balaban J connectivity index is 1.54. The van der Waals surface area contributed by atoms with Crippen LogP contribution in [0.15, 0.2) is 30.3 Å². The second-order valence-corrected chi connectivity index (χ2v) is 6.20. The highest BCUT2D eigenvalue weighted by atomic mass is 16.6. The SMILES string of the molecule is CC(C)[C@H]1OC(=O)[C@@H]1NC(=O)OCCCCCc1ccccc1. The molecule has 0 saturated carbocycles. The molecule has 1 aromatic carbocycles. The van der Waals surface area contributed by atoms with Crippen LogP contribution >= 0.6 is 0 Å². The van der Waals surface area contributed by atoms with Crippen LogP contribution in [0.25, 0.3) is 0 Å². The fraction of sp³-hybridized carbons (Fsp3) is 0.556. The van der Waals surface area contributed by atoms with Gasteiger partial charge in [0.2, 0.25) is 0 Å². The number of hydrogen-bond donors (Lipinski definition) is 1. The average Bonchev–Trinajstić information content (AvgIpc) is 2.54. The maximum absolute atomic E-state index is 11.7. The van der Waals surface area contributed by atoms with E-state index in [1.54, 1.807) is 0 Å². The Kier molecular flexibility index (Phi) is 6.44. The lowest BCUT2D eigenvalue weighted by molar-refractivity contribution is -0.181. The van der Waals surface area contributed by atoms with Crippen LogP contribution in [-0.2, 0) is 20.7 Å². The molecule has 0 bridgehead atoms. The molecule has 1 saturated heterocycles. The van der Waals surface area contributed by atoms with Gasteiger partial charge in [0.05, 0.1) is 6.61 Å². The van der Waals surface area contributed by atoms with Gasteiger partial charge in [-0.05, 0) is 37.2 Å². The van der Waals surface area contributed by atoms with Crippen molar-refractivity contribution >= 4 is 12.1 Å². The van der Waals surface area contributed by atoms with Crippen molar-refractivity contribution in [1.29, 1.82) is 0 Å². The van der Waals surface area contributed by atoms with Gasteiger partial charge in [0.15, 0.2) is 6.04 Å². The van der Waals surface area contributed by atoms with Crippen molar-refractivity contribution in [3.63, 3.8) is 0 Å². The van der Waals surface area contributed by atoms with E-state index >= 15 is 0 Å². The Bertz CT molecular complexity index is 515.